The Morgan fingerprint density at radius 3 is 2.95 bits per heavy atom. The molecule has 0 atom stereocenters. The van der Waals surface area contributed by atoms with E-state index in [-0.39, 0.29) is 17.7 Å². The van der Waals surface area contributed by atoms with Gasteiger partial charge in [-0.2, -0.15) is 10.1 Å². The zero-order valence-electron chi connectivity index (χ0n) is 10.8. The number of hydrogen-bond acceptors (Lipinski definition) is 5. The molecule has 1 saturated carbocycles. The number of aromatic amines is 1. The fraction of sp³-hybridized carbons (Fsp3) is 0.583. The summed E-state index contributed by atoms with van der Waals surface area (Å²) in [4.78, 5) is 19.0. The number of H-pyrrole nitrogens is 1. The lowest BCUT2D eigenvalue weighted by molar-refractivity contribution is 0.213. The number of nitrogens with one attached hydrogen (secondary N) is 2. The van der Waals surface area contributed by atoms with Crippen LogP contribution in [0.5, 0.6) is 0 Å². The van der Waals surface area contributed by atoms with Gasteiger partial charge in [-0.15, -0.1) is 0 Å². The lowest BCUT2D eigenvalue weighted by atomic mass is 9.99. The van der Waals surface area contributed by atoms with Crippen LogP contribution >= 0.6 is 0 Å². The van der Waals surface area contributed by atoms with Crippen LogP contribution in [0.4, 0.5) is 5.95 Å². The molecule has 2 aromatic rings. The van der Waals surface area contributed by atoms with Crippen LogP contribution in [0.25, 0.3) is 11.0 Å². The maximum Gasteiger partial charge on any atom is 0.263 e. The molecular weight excluding hydrogens is 246 g/mol. The van der Waals surface area contributed by atoms with Gasteiger partial charge in [-0.25, -0.2) is 0 Å². The van der Waals surface area contributed by atoms with Crippen molar-refractivity contribution in [2.45, 2.75) is 31.2 Å². The topological polar surface area (TPSA) is 95.8 Å². The van der Waals surface area contributed by atoms with Gasteiger partial charge in [-0.05, 0) is 12.8 Å². The minimum atomic E-state index is -0.359. The molecule has 102 valence electrons. The fourth-order valence-electron chi connectivity index (χ4n) is 2.72. The van der Waals surface area contributed by atoms with Gasteiger partial charge in [0.05, 0.1) is 18.3 Å². The Balaban J connectivity index is 2.01. The number of aromatic nitrogens is 4. The zero-order valence-corrected chi connectivity index (χ0v) is 10.8. The van der Waals surface area contributed by atoms with Crippen LogP contribution in [0.15, 0.2) is 11.0 Å². The summed E-state index contributed by atoms with van der Waals surface area (Å²) in [6.07, 6.45) is 5.42. The first-order valence-corrected chi connectivity index (χ1v) is 6.45. The average molecular weight is 263 g/mol. The van der Waals surface area contributed by atoms with E-state index in [0.29, 0.717) is 17.0 Å². The van der Waals surface area contributed by atoms with Crippen molar-refractivity contribution in [1.29, 1.82) is 0 Å². The van der Waals surface area contributed by atoms with E-state index in [4.69, 9.17) is 0 Å². The van der Waals surface area contributed by atoms with Gasteiger partial charge in [0.15, 0.2) is 5.65 Å². The molecule has 0 aromatic carbocycles. The lowest BCUT2D eigenvalue weighted by Gasteiger charge is -2.28. The number of aliphatic hydroxyl groups is 1. The second-order valence-electron chi connectivity index (χ2n) is 5.19. The van der Waals surface area contributed by atoms with E-state index in [1.54, 1.807) is 11.7 Å². The Morgan fingerprint density at radius 1 is 1.53 bits per heavy atom. The van der Waals surface area contributed by atoms with Gasteiger partial charge in [0, 0.05) is 7.05 Å². The lowest BCUT2D eigenvalue weighted by Crippen LogP contribution is -2.40. The van der Waals surface area contributed by atoms with E-state index < -0.39 is 0 Å². The summed E-state index contributed by atoms with van der Waals surface area (Å²) < 4.78 is 1.57. The van der Waals surface area contributed by atoms with Crippen LogP contribution in [-0.2, 0) is 7.05 Å². The van der Waals surface area contributed by atoms with Crippen molar-refractivity contribution in [3.05, 3.63) is 16.6 Å². The minimum Gasteiger partial charge on any atom is -0.394 e. The number of aliphatic hydroxyl groups excluding tert-OH is 1. The Kier molecular flexibility index (Phi) is 2.78. The normalized spacial score (nSPS) is 18.0. The third-order valence-corrected chi connectivity index (χ3v) is 3.85. The first-order valence-electron chi connectivity index (χ1n) is 6.45. The van der Waals surface area contributed by atoms with E-state index in [0.717, 1.165) is 25.7 Å². The molecule has 0 radical (unpaired) electrons. The number of rotatable bonds is 3. The molecule has 0 unspecified atom stereocenters. The van der Waals surface area contributed by atoms with Crippen molar-refractivity contribution in [1.82, 2.24) is 19.7 Å². The third kappa shape index (κ3) is 1.99. The molecule has 1 aliphatic rings. The van der Waals surface area contributed by atoms with E-state index in [2.05, 4.69) is 20.4 Å². The Bertz CT molecular complexity index is 654. The van der Waals surface area contributed by atoms with Crippen molar-refractivity contribution in [2.24, 2.45) is 7.05 Å². The number of hydrogen-bond donors (Lipinski definition) is 3. The van der Waals surface area contributed by atoms with Crippen LogP contribution in [-0.4, -0.2) is 37.0 Å². The average Bonchev–Trinajstić information content (AvgIpc) is 2.99. The van der Waals surface area contributed by atoms with Gasteiger partial charge < -0.3 is 10.4 Å². The number of aryl methyl sites for hydroxylation is 1. The Labute approximate surface area is 109 Å². The van der Waals surface area contributed by atoms with Gasteiger partial charge in [-0.1, -0.05) is 12.8 Å². The van der Waals surface area contributed by atoms with Crippen molar-refractivity contribution in [3.8, 4) is 0 Å². The largest absolute Gasteiger partial charge is 0.394 e. The SMILES string of the molecule is Cn1ncc2c(=O)[nH]c(NC3(CO)CCCC3)nc21. The molecule has 7 heteroatoms. The van der Waals surface area contributed by atoms with Crippen LogP contribution in [0, 0.1) is 0 Å². The molecule has 0 spiro atoms. The van der Waals surface area contributed by atoms with Crippen molar-refractivity contribution >= 4 is 17.0 Å². The van der Waals surface area contributed by atoms with E-state index in [1.165, 1.54) is 6.20 Å². The Hall–Kier alpha value is -1.89. The first-order chi connectivity index (χ1) is 9.13. The quantitative estimate of drug-likeness (QED) is 0.743. The molecule has 2 heterocycles. The smallest absolute Gasteiger partial charge is 0.263 e. The highest BCUT2D eigenvalue weighted by molar-refractivity contribution is 5.74. The highest BCUT2D eigenvalue weighted by Gasteiger charge is 2.33. The molecule has 2 aromatic heterocycles. The predicted molar refractivity (Wildman–Crippen MR) is 71.0 cm³/mol. The second kappa shape index (κ2) is 4.34. The molecule has 19 heavy (non-hydrogen) atoms. The first kappa shape index (κ1) is 12.2. The highest BCUT2D eigenvalue weighted by atomic mass is 16.3. The van der Waals surface area contributed by atoms with E-state index in [9.17, 15) is 9.90 Å². The fourth-order valence-corrected chi connectivity index (χ4v) is 2.72. The zero-order chi connectivity index (χ0) is 13.5. The molecule has 1 fully saturated rings. The predicted octanol–water partition coefficient (Wildman–Crippen LogP) is 0.374. The summed E-state index contributed by atoms with van der Waals surface area (Å²) >= 11 is 0. The van der Waals surface area contributed by atoms with Crippen LogP contribution in [0.1, 0.15) is 25.7 Å². The van der Waals surface area contributed by atoms with Gasteiger partial charge in [0.2, 0.25) is 5.95 Å². The maximum atomic E-state index is 11.9. The standard InChI is InChI=1S/C12H17N5O2/c1-17-9-8(6-13-17)10(19)15-11(14-9)16-12(7-18)4-2-3-5-12/h6,18H,2-5,7H2,1H3,(H2,14,15,16,19). The summed E-state index contributed by atoms with van der Waals surface area (Å²) in [5.41, 5.74) is -0.0357. The van der Waals surface area contributed by atoms with Crippen LogP contribution < -0.4 is 10.9 Å². The molecule has 3 N–H and O–H groups in total. The molecule has 7 nitrogen and oxygen atoms in total. The molecule has 3 rings (SSSR count). The highest BCUT2D eigenvalue weighted by Crippen LogP contribution is 2.31. The maximum absolute atomic E-state index is 11.9. The molecule has 0 aliphatic heterocycles. The number of fused-ring (bicyclic) bond motifs is 1. The van der Waals surface area contributed by atoms with Gasteiger partial charge >= 0.3 is 0 Å². The van der Waals surface area contributed by atoms with Crippen molar-refractivity contribution in [2.75, 3.05) is 11.9 Å². The van der Waals surface area contributed by atoms with Gasteiger partial charge in [-0.3, -0.25) is 14.5 Å². The number of nitrogens with zero attached hydrogens (tertiary/aromatic N) is 3. The molecule has 0 bridgehead atoms. The van der Waals surface area contributed by atoms with Crippen molar-refractivity contribution < 1.29 is 5.11 Å². The van der Waals surface area contributed by atoms with E-state index >= 15 is 0 Å². The molecule has 1 aliphatic carbocycles. The summed E-state index contributed by atoms with van der Waals surface area (Å²) in [6, 6.07) is 0. The second-order valence-corrected chi connectivity index (χ2v) is 5.19. The summed E-state index contributed by atoms with van der Waals surface area (Å²) in [5.74, 6) is 0.400. The monoisotopic (exact) mass is 263 g/mol. The van der Waals surface area contributed by atoms with E-state index in [1.807, 2.05) is 0 Å². The summed E-state index contributed by atoms with van der Waals surface area (Å²) in [6.45, 7) is 0.0418. The van der Waals surface area contributed by atoms with Gasteiger partial charge in [0.1, 0.15) is 5.39 Å². The molecule has 0 amide bonds. The van der Waals surface area contributed by atoms with Gasteiger partial charge in [0.25, 0.3) is 5.56 Å². The van der Waals surface area contributed by atoms with Crippen LogP contribution in [0.3, 0.4) is 0 Å². The summed E-state index contributed by atoms with van der Waals surface area (Å²) in [5, 5.41) is 17.3. The minimum absolute atomic E-state index is 0.0418. The summed E-state index contributed by atoms with van der Waals surface area (Å²) in [7, 11) is 1.75. The number of anilines is 1. The third-order valence-electron chi connectivity index (χ3n) is 3.85. The molecular formula is C12H17N5O2. The Morgan fingerprint density at radius 2 is 2.26 bits per heavy atom. The molecule has 0 saturated heterocycles. The van der Waals surface area contributed by atoms with Crippen LogP contribution in [0.2, 0.25) is 0 Å². The van der Waals surface area contributed by atoms with Crippen molar-refractivity contribution in [3.63, 3.8) is 0 Å².